The van der Waals surface area contributed by atoms with E-state index in [9.17, 15) is 22.4 Å². The molecule has 0 aliphatic carbocycles. The Hall–Kier alpha value is -2.23. The van der Waals surface area contributed by atoms with E-state index in [0.29, 0.717) is 5.56 Å². The van der Waals surface area contributed by atoms with E-state index in [1.54, 1.807) is 18.2 Å². The first kappa shape index (κ1) is 22.1. The van der Waals surface area contributed by atoms with Crippen molar-refractivity contribution in [2.24, 2.45) is 0 Å². The number of nitrogens with zero attached hydrogens (tertiary/aromatic N) is 1. The molecular formula is C19H21FN2O4S2. The van der Waals surface area contributed by atoms with E-state index >= 15 is 0 Å². The highest BCUT2D eigenvalue weighted by Gasteiger charge is 2.20. The lowest BCUT2D eigenvalue weighted by Crippen LogP contribution is -2.28. The Labute approximate surface area is 168 Å². The van der Waals surface area contributed by atoms with Crippen molar-refractivity contribution in [2.45, 2.75) is 23.3 Å². The predicted molar refractivity (Wildman–Crippen MR) is 106 cm³/mol. The second-order valence-corrected chi connectivity index (χ2v) is 9.30. The third-order valence-corrected chi connectivity index (χ3v) is 6.87. The second-order valence-electron chi connectivity index (χ2n) is 6.16. The van der Waals surface area contributed by atoms with Gasteiger partial charge in [-0.2, -0.15) is 0 Å². The molecule has 1 N–H and O–H groups in total. The maximum Gasteiger partial charge on any atom is 0.242 e. The zero-order valence-electron chi connectivity index (χ0n) is 15.7. The summed E-state index contributed by atoms with van der Waals surface area (Å²) in [5, 5.41) is 2.65. The topological polar surface area (TPSA) is 83.5 Å². The number of amides is 1. The van der Waals surface area contributed by atoms with E-state index in [-0.39, 0.29) is 39.3 Å². The van der Waals surface area contributed by atoms with Crippen LogP contribution in [0.4, 0.5) is 4.39 Å². The molecule has 0 radical (unpaired) electrons. The van der Waals surface area contributed by atoms with Crippen LogP contribution in [-0.4, -0.2) is 44.3 Å². The van der Waals surface area contributed by atoms with Gasteiger partial charge < -0.3 is 5.32 Å². The molecule has 0 spiro atoms. The summed E-state index contributed by atoms with van der Waals surface area (Å²) >= 11 is 1.00. The molecule has 1 amide bonds. The molecule has 0 fully saturated rings. The summed E-state index contributed by atoms with van der Waals surface area (Å²) < 4.78 is 39.8. The summed E-state index contributed by atoms with van der Waals surface area (Å²) in [4.78, 5) is 23.7. The number of rotatable bonds is 8. The standard InChI is InChI=1S/C19H21FN2O4S2/c1-13(23)14-8-9-17(16(20)10-14)27-12-19(24)21-11-15-6-4-5-7-18(15)28(25,26)22(2)3/h4-10H,11-12H2,1-3H3,(H,21,24). The van der Waals surface area contributed by atoms with Gasteiger partial charge in [-0.05, 0) is 30.7 Å². The van der Waals surface area contributed by atoms with Crippen LogP contribution >= 0.6 is 11.8 Å². The number of ketones is 1. The quantitative estimate of drug-likeness (QED) is 0.520. The lowest BCUT2D eigenvalue weighted by molar-refractivity contribution is -0.118. The number of hydrogen-bond donors (Lipinski definition) is 1. The molecule has 2 aromatic carbocycles. The van der Waals surface area contributed by atoms with E-state index in [2.05, 4.69) is 5.32 Å². The number of nitrogens with one attached hydrogen (secondary N) is 1. The maximum absolute atomic E-state index is 14.0. The molecular weight excluding hydrogens is 403 g/mol. The summed E-state index contributed by atoms with van der Waals surface area (Å²) in [6, 6.07) is 10.5. The van der Waals surface area contributed by atoms with Gasteiger partial charge in [0.1, 0.15) is 5.82 Å². The summed E-state index contributed by atoms with van der Waals surface area (Å²) in [6.45, 7) is 1.39. The van der Waals surface area contributed by atoms with Crippen LogP contribution in [0.2, 0.25) is 0 Å². The van der Waals surface area contributed by atoms with Gasteiger partial charge in [0.25, 0.3) is 0 Å². The van der Waals surface area contributed by atoms with E-state index < -0.39 is 15.8 Å². The van der Waals surface area contributed by atoms with Gasteiger partial charge in [0.05, 0.1) is 10.6 Å². The summed E-state index contributed by atoms with van der Waals surface area (Å²) in [5.41, 5.74) is 0.733. The van der Waals surface area contributed by atoms with Crippen molar-refractivity contribution in [3.63, 3.8) is 0 Å². The molecule has 9 heteroatoms. The van der Waals surface area contributed by atoms with Crippen LogP contribution in [-0.2, 0) is 21.4 Å². The maximum atomic E-state index is 14.0. The number of carbonyl (C=O) groups excluding carboxylic acids is 2. The lowest BCUT2D eigenvalue weighted by Gasteiger charge is -2.15. The average Bonchev–Trinajstić information content (AvgIpc) is 2.65. The molecule has 0 saturated carbocycles. The highest BCUT2D eigenvalue weighted by Crippen LogP contribution is 2.23. The molecule has 0 heterocycles. The van der Waals surface area contributed by atoms with Gasteiger partial charge in [-0.3, -0.25) is 9.59 Å². The summed E-state index contributed by atoms with van der Waals surface area (Å²) in [6.07, 6.45) is 0. The highest BCUT2D eigenvalue weighted by atomic mass is 32.2. The first-order valence-corrected chi connectivity index (χ1v) is 10.8. The van der Waals surface area contributed by atoms with E-state index in [1.807, 2.05) is 0 Å². The van der Waals surface area contributed by atoms with Crippen molar-refractivity contribution >= 4 is 33.5 Å². The normalized spacial score (nSPS) is 11.5. The summed E-state index contributed by atoms with van der Waals surface area (Å²) in [7, 11) is -0.752. The van der Waals surface area contributed by atoms with E-state index in [0.717, 1.165) is 22.1 Å². The Kier molecular flexibility index (Phi) is 7.34. The first-order valence-electron chi connectivity index (χ1n) is 8.33. The second kappa shape index (κ2) is 9.31. The molecule has 0 unspecified atom stereocenters. The van der Waals surface area contributed by atoms with Crippen LogP contribution in [0.25, 0.3) is 0 Å². The molecule has 0 aliphatic rings. The Morgan fingerprint density at radius 2 is 1.82 bits per heavy atom. The molecule has 28 heavy (non-hydrogen) atoms. The van der Waals surface area contributed by atoms with Gasteiger partial charge in [-0.1, -0.05) is 24.3 Å². The molecule has 0 saturated heterocycles. The number of benzene rings is 2. The van der Waals surface area contributed by atoms with Crippen molar-refractivity contribution in [3.8, 4) is 0 Å². The minimum absolute atomic E-state index is 0.0361. The van der Waals surface area contributed by atoms with Gasteiger partial charge in [0.15, 0.2) is 5.78 Å². The van der Waals surface area contributed by atoms with Crippen molar-refractivity contribution in [1.29, 1.82) is 0 Å². The number of halogens is 1. The molecule has 0 aliphatic heterocycles. The van der Waals surface area contributed by atoms with Crippen LogP contribution in [0.5, 0.6) is 0 Å². The fourth-order valence-corrected chi connectivity index (χ4v) is 4.19. The van der Waals surface area contributed by atoms with Crippen LogP contribution in [0, 0.1) is 5.82 Å². The summed E-state index contributed by atoms with van der Waals surface area (Å²) in [5.74, 6) is -1.21. The average molecular weight is 425 g/mol. The number of sulfonamides is 1. The van der Waals surface area contributed by atoms with Crippen molar-refractivity contribution in [2.75, 3.05) is 19.8 Å². The van der Waals surface area contributed by atoms with Crippen LogP contribution in [0.3, 0.4) is 0 Å². The largest absolute Gasteiger partial charge is 0.351 e. The van der Waals surface area contributed by atoms with Gasteiger partial charge in [0, 0.05) is 31.1 Å². The first-order chi connectivity index (χ1) is 13.1. The van der Waals surface area contributed by atoms with Gasteiger partial charge in [-0.15, -0.1) is 11.8 Å². The number of thioether (sulfide) groups is 1. The van der Waals surface area contributed by atoms with Crippen molar-refractivity contribution in [3.05, 3.63) is 59.4 Å². The number of carbonyl (C=O) groups is 2. The Balaban J connectivity index is 2.00. The Bertz CT molecular complexity index is 991. The van der Waals surface area contributed by atoms with Crippen LogP contribution < -0.4 is 5.32 Å². The Morgan fingerprint density at radius 3 is 2.43 bits per heavy atom. The fraction of sp³-hybridized carbons (Fsp3) is 0.263. The van der Waals surface area contributed by atoms with Crippen LogP contribution in [0.15, 0.2) is 52.3 Å². The van der Waals surface area contributed by atoms with E-state index in [1.165, 1.54) is 39.2 Å². The zero-order chi connectivity index (χ0) is 20.9. The Morgan fingerprint density at radius 1 is 1.14 bits per heavy atom. The molecule has 6 nitrogen and oxygen atoms in total. The van der Waals surface area contributed by atoms with E-state index in [4.69, 9.17) is 0 Å². The predicted octanol–water partition coefficient (Wildman–Crippen LogP) is 2.69. The van der Waals surface area contributed by atoms with Crippen molar-refractivity contribution in [1.82, 2.24) is 9.62 Å². The lowest BCUT2D eigenvalue weighted by atomic mass is 10.1. The molecule has 2 rings (SSSR count). The fourth-order valence-electron chi connectivity index (χ4n) is 2.32. The van der Waals surface area contributed by atoms with Gasteiger partial charge >= 0.3 is 0 Å². The SMILES string of the molecule is CC(=O)c1ccc(SCC(=O)NCc2ccccc2S(=O)(=O)N(C)C)c(F)c1. The van der Waals surface area contributed by atoms with Crippen molar-refractivity contribution < 1.29 is 22.4 Å². The molecule has 0 atom stereocenters. The minimum atomic E-state index is -3.63. The highest BCUT2D eigenvalue weighted by molar-refractivity contribution is 8.00. The number of hydrogen-bond acceptors (Lipinski definition) is 5. The third kappa shape index (κ3) is 5.40. The van der Waals surface area contributed by atoms with Gasteiger partial charge in [0.2, 0.25) is 15.9 Å². The van der Waals surface area contributed by atoms with Crippen LogP contribution in [0.1, 0.15) is 22.8 Å². The zero-order valence-corrected chi connectivity index (χ0v) is 17.4. The monoisotopic (exact) mass is 424 g/mol. The minimum Gasteiger partial charge on any atom is -0.351 e. The molecule has 150 valence electrons. The molecule has 0 aromatic heterocycles. The smallest absolute Gasteiger partial charge is 0.242 e. The van der Waals surface area contributed by atoms with Gasteiger partial charge in [-0.25, -0.2) is 17.1 Å². The third-order valence-electron chi connectivity index (χ3n) is 3.90. The molecule has 2 aromatic rings. The molecule has 0 bridgehead atoms. The number of Topliss-reactive ketones (excluding diaryl/α,β-unsaturated/α-hetero) is 1.